The molecular formula is C12H22ClF2N5. The van der Waals surface area contributed by atoms with Crippen LogP contribution in [0.1, 0.15) is 38.5 Å². The number of alkyl halides is 2. The average Bonchev–Trinajstić information content (AvgIpc) is 2.71. The van der Waals surface area contributed by atoms with Crippen LogP contribution in [0, 0.1) is 0 Å². The Balaban J connectivity index is 0.00000200. The molecule has 1 saturated carbocycles. The van der Waals surface area contributed by atoms with Gasteiger partial charge < -0.3 is 16.4 Å². The summed E-state index contributed by atoms with van der Waals surface area (Å²) in [5.74, 6) is -2.55. The van der Waals surface area contributed by atoms with E-state index in [1.807, 2.05) is 0 Å². The Hall–Kier alpha value is -1.11. The Labute approximate surface area is 123 Å². The van der Waals surface area contributed by atoms with Crippen LogP contribution in [0.4, 0.5) is 8.78 Å². The highest BCUT2D eigenvalue weighted by Gasteiger charge is 2.39. The maximum atomic E-state index is 13.1. The Kier molecular flexibility index (Phi) is 5.98. The summed E-state index contributed by atoms with van der Waals surface area (Å²) >= 11 is 0. The summed E-state index contributed by atoms with van der Waals surface area (Å²) in [6.07, 6.45) is 5.37. The number of nitrogens with two attached hydrogens (primary N) is 2. The molecule has 5 nitrogen and oxygen atoms in total. The molecule has 0 radical (unpaired) electrons. The fourth-order valence-electron chi connectivity index (χ4n) is 2.55. The maximum Gasteiger partial charge on any atom is 0.267 e. The lowest BCUT2D eigenvalue weighted by atomic mass is 9.96. The third kappa shape index (κ3) is 4.77. The number of guanidine groups is 2. The third-order valence-corrected chi connectivity index (χ3v) is 3.61. The van der Waals surface area contributed by atoms with E-state index in [2.05, 4.69) is 9.98 Å². The van der Waals surface area contributed by atoms with Gasteiger partial charge in [0.2, 0.25) is 5.96 Å². The first kappa shape index (κ1) is 16.9. The van der Waals surface area contributed by atoms with E-state index in [9.17, 15) is 8.78 Å². The van der Waals surface area contributed by atoms with Crippen molar-refractivity contribution in [3.8, 4) is 0 Å². The lowest BCUT2D eigenvalue weighted by molar-refractivity contribution is 0.0175. The molecule has 0 spiro atoms. The number of aliphatic imine (C=N–C) groups is 2. The van der Waals surface area contributed by atoms with E-state index in [0.717, 1.165) is 25.7 Å². The molecule has 20 heavy (non-hydrogen) atoms. The van der Waals surface area contributed by atoms with E-state index in [1.54, 1.807) is 0 Å². The smallest absolute Gasteiger partial charge is 0.267 e. The minimum Gasteiger partial charge on any atom is -0.369 e. The van der Waals surface area contributed by atoms with E-state index in [4.69, 9.17) is 11.5 Å². The van der Waals surface area contributed by atoms with Gasteiger partial charge in [-0.15, -0.1) is 12.4 Å². The second-order valence-electron chi connectivity index (χ2n) is 5.28. The van der Waals surface area contributed by atoms with Gasteiger partial charge in [-0.25, -0.2) is 13.8 Å². The molecular weight excluding hydrogens is 288 g/mol. The molecule has 0 bridgehead atoms. The Morgan fingerprint density at radius 1 is 1.15 bits per heavy atom. The van der Waals surface area contributed by atoms with Gasteiger partial charge >= 0.3 is 0 Å². The van der Waals surface area contributed by atoms with E-state index >= 15 is 0 Å². The van der Waals surface area contributed by atoms with Crippen LogP contribution >= 0.6 is 12.4 Å². The molecule has 4 N–H and O–H groups in total. The van der Waals surface area contributed by atoms with Crippen molar-refractivity contribution in [1.29, 1.82) is 0 Å². The quantitative estimate of drug-likeness (QED) is 0.571. The van der Waals surface area contributed by atoms with E-state index < -0.39 is 5.92 Å². The Morgan fingerprint density at radius 2 is 1.80 bits per heavy atom. The number of halogens is 3. The molecule has 0 aromatic rings. The van der Waals surface area contributed by atoms with Crippen LogP contribution < -0.4 is 11.5 Å². The zero-order chi connectivity index (χ0) is 13.9. The van der Waals surface area contributed by atoms with Crippen molar-refractivity contribution in [2.75, 3.05) is 13.1 Å². The van der Waals surface area contributed by atoms with Crippen molar-refractivity contribution in [3.05, 3.63) is 0 Å². The summed E-state index contributed by atoms with van der Waals surface area (Å²) < 4.78 is 26.1. The molecule has 2 aliphatic rings. The summed E-state index contributed by atoms with van der Waals surface area (Å²) in [6.45, 7) is -0.182. The molecule has 0 amide bonds. The Morgan fingerprint density at radius 3 is 2.35 bits per heavy atom. The van der Waals surface area contributed by atoms with Crippen molar-refractivity contribution in [1.82, 2.24) is 4.90 Å². The average molecular weight is 310 g/mol. The molecule has 0 aromatic carbocycles. The summed E-state index contributed by atoms with van der Waals surface area (Å²) in [4.78, 5) is 9.58. The molecule has 1 aliphatic carbocycles. The molecule has 8 heteroatoms. The Bertz CT molecular complexity index is 380. The van der Waals surface area contributed by atoms with E-state index in [-0.39, 0.29) is 49.9 Å². The zero-order valence-corrected chi connectivity index (χ0v) is 12.2. The van der Waals surface area contributed by atoms with E-state index in [0.29, 0.717) is 0 Å². The number of hydrogen-bond acceptors (Lipinski definition) is 1. The third-order valence-electron chi connectivity index (χ3n) is 3.61. The summed E-state index contributed by atoms with van der Waals surface area (Å²) in [5.41, 5.74) is 11.4. The maximum absolute atomic E-state index is 13.1. The van der Waals surface area contributed by atoms with Crippen LogP contribution in [0.2, 0.25) is 0 Å². The molecule has 0 unspecified atom stereocenters. The molecule has 2 rings (SSSR count). The largest absolute Gasteiger partial charge is 0.369 e. The first-order chi connectivity index (χ1) is 8.96. The van der Waals surface area contributed by atoms with Gasteiger partial charge in [0.25, 0.3) is 5.92 Å². The molecule has 2 fully saturated rings. The minimum atomic E-state index is -2.69. The summed E-state index contributed by atoms with van der Waals surface area (Å²) in [7, 11) is 0. The number of rotatable bonds is 1. The molecule has 1 saturated heterocycles. The van der Waals surface area contributed by atoms with Crippen molar-refractivity contribution in [2.24, 2.45) is 21.5 Å². The molecule has 116 valence electrons. The van der Waals surface area contributed by atoms with Gasteiger partial charge in [-0.2, -0.15) is 4.99 Å². The fraction of sp³-hybridized carbons (Fsp3) is 0.833. The van der Waals surface area contributed by atoms with Crippen molar-refractivity contribution in [3.63, 3.8) is 0 Å². The van der Waals surface area contributed by atoms with Crippen molar-refractivity contribution < 1.29 is 8.78 Å². The molecule has 1 aliphatic heterocycles. The minimum absolute atomic E-state index is 0. The number of likely N-dealkylation sites (tertiary alicyclic amines) is 1. The first-order valence-corrected chi connectivity index (χ1v) is 6.76. The zero-order valence-electron chi connectivity index (χ0n) is 11.4. The van der Waals surface area contributed by atoms with Gasteiger partial charge in [0.1, 0.15) is 0 Å². The normalized spacial score (nSPS) is 24.6. The highest BCUT2D eigenvalue weighted by Crippen LogP contribution is 2.26. The van der Waals surface area contributed by atoms with Crippen molar-refractivity contribution in [2.45, 2.75) is 50.5 Å². The second-order valence-corrected chi connectivity index (χ2v) is 5.28. The van der Waals surface area contributed by atoms with Crippen LogP contribution in [-0.2, 0) is 0 Å². The van der Waals surface area contributed by atoms with Gasteiger partial charge in [-0.05, 0) is 12.8 Å². The lowest BCUT2D eigenvalue weighted by Gasteiger charge is -2.18. The predicted octanol–water partition coefficient (Wildman–Crippen LogP) is 1.71. The van der Waals surface area contributed by atoms with Crippen LogP contribution in [0.15, 0.2) is 9.98 Å². The van der Waals surface area contributed by atoms with Crippen LogP contribution in [-0.4, -0.2) is 41.9 Å². The molecule has 0 atom stereocenters. The predicted molar refractivity (Wildman–Crippen MR) is 78.5 cm³/mol. The van der Waals surface area contributed by atoms with Gasteiger partial charge in [0, 0.05) is 13.0 Å². The van der Waals surface area contributed by atoms with Gasteiger partial charge in [0.05, 0.1) is 12.6 Å². The highest BCUT2D eigenvalue weighted by molar-refractivity contribution is 5.93. The van der Waals surface area contributed by atoms with E-state index in [1.165, 1.54) is 11.3 Å². The first-order valence-electron chi connectivity index (χ1n) is 6.76. The fourth-order valence-corrected chi connectivity index (χ4v) is 2.55. The van der Waals surface area contributed by atoms with Gasteiger partial charge in [-0.1, -0.05) is 19.3 Å². The summed E-state index contributed by atoms with van der Waals surface area (Å²) in [6, 6.07) is 0.199. The summed E-state index contributed by atoms with van der Waals surface area (Å²) in [5, 5.41) is 0. The second kappa shape index (κ2) is 7.06. The van der Waals surface area contributed by atoms with Gasteiger partial charge in [-0.3, -0.25) is 0 Å². The van der Waals surface area contributed by atoms with Gasteiger partial charge in [0.15, 0.2) is 5.96 Å². The number of hydrogen-bond donors (Lipinski definition) is 2. The van der Waals surface area contributed by atoms with Crippen molar-refractivity contribution >= 4 is 24.3 Å². The van der Waals surface area contributed by atoms with Crippen LogP contribution in [0.25, 0.3) is 0 Å². The standard InChI is InChI=1S/C12H21F2N5.ClH/c13-12(14)6-7-19(8-12)11(16)18-10(15)17-9-4-2-1-3-5-9;/h9H,1-8H2,(H4,15,16,17,18);1H. The van der Waals surface area contributed by atoms with Crippen LogP contribution in [0.5, 0.6) is 0 Å². The molecule has 0 aromatic heterocycles. The topological polar surface area (TPSA) is 80.0 Å². The highest BCUT2D eigenvalue weighted by atomic mass is 35.5. The lowest BCUT2D eigenvalue weighted by Crippen LogP contribution is -2.38. The molecule has 1 heterocycles. The SMILES string of the molecule is Cl.NC(=NC1CCCCC1)N=C(N)N1CCC(F)(F)C1. The monoisotopic (exact) mass is 309 g/mol. The number of nitrogens with zero attached hydrogens (tertiary/aromatic N) is 3. The van der Waals surface area contributed by atoms with Crippen LogP contribution in [0.3, 0.4) is 0 Å².